The first-order valence-corrected chi connectivity index (χ1v) is 12.1. The van der Waals surface area contributed by atoms with Crippen molar-refractivity contribution in [2.45, 2.75) is 57.9 Å². The molecule has 11 heteroatoms. The first-order chi connectivity index (χ1) is 14.8. The Bertz CT molecular complexity index is 947. The SMILES string of the molecule is CCC(C)(Oc1cc(C(=O)OCCS(=O)(=O)[O-])ccc1OC(F)(F)F)C1CC2CCC1C2. The lowest BCUT2D eigenvalue weighted by Gasteiger charge is -2.40. The lowest BCUT2D eigenvalue weighted by Crippen LogP contribution is -2.43. The van der Waals surface area contributed by atoms with Gasteiger partial charge in [0.05, 0.1) is 21.4 Å². The molecule has 3 rings (SSSR count). The minimum atomic E-state index is -4.96. The van der Waals surface area contributed by atoms with E-state index in [4.69, 9.17) is 9.47 Å². The fourth-order valence-electron chi connectivity index (χ4n) is 4.90. The van der Waals surface area contributed by atoms with Crippen LogP contribution in [0.25, 0.3) is 0 Å². The Kier molecular flexibility index (Phi) is 6.99. The van der Waals surface area contributed by atoms with E-state index in [-0.39, 0.29) is 17.2 Å². The summed E-state index contributed by atoms with van der Waals surface area (Å²) in [6.45, 7) is 3.09. The summed E-state index contributed by atoms with van der Waals surface area (Å²) in [5.74, 6) is -1.52. The molecule has 2 saturated carbocycles. The van der Waals surface area contributed by atoms with Gasteiger partial charge in [0.1, 0.15) is 12.2 Å². The largest absolute Gasteiger partial charge is 0.748 e. The first kappa shape index (κ1) is 24.6. The molecular formula is C21H26F3O7S-. The molecule has 0 saturated heterocycles. The number of hydrogen-bond donors (Lipinski definition) is 0. The Hall–Kier alpha value is -2.01. The van der Waals surface area contributed by atoms with Gasteiger partial charge in [-0.3, -0.25) is 0 Å². The molecule has 0 aromatic heterocycles. The van der Waals surface area contributed by atoms with Gasteiger partial charge in [0.25, 0.3) is 0 Å². The minimum absolute atomic E-state index is 0.149. The summed E-state index contributed by atoms with van der Waals surface area (Å²) in [6, 6.07) is 3.11. The average Bonchev–Trinajstić information content (AvgIpc) is 3.31. The van der Waals surface area contributed by atoms with E-state index in [0.717, 1.165) is 43.9 Å². The van der Waals surface area contributed by atoms with E-state index in [0.29, 0.717) is 18.3 Å². The van der Waals surface area contributed by atoms with Crippen LogP contribution in [0.2, 0.25) is 0 Å². The highest BCUT2D eigenvalue weighted by molar-refractivity contribution is 7.85. The van der Waals surface area contributed by atoms with Gasteiger partial charge in [-0.15, -0.1) is 13.2 Å². The fraction of sp³-hybridized carbons (Fsp3) is 0.667. The number of hydrogen-bond acceptors (Lipinski definition) is 7. The maximum absolute atomic E-state index is 12.9. The molecule has 0 N–H and O–H groups in total. The molecule has 0 amide bonds. The van der Waals surface area contributed by atoms with Crippen LogP contribution in [0.5, 0.6) is 11.5 Å². The number of carbonyl (C=O) groups excluding carboxylic acids is 1. The van der Waals surface area contributed by atoms with E-state index in [1.54, 1.807) is 0 Å². The van der Waals surface area contributed by atoms with Crippen LogP contribution in [0.3, 0.4) is 0 Å². The number of carbonyl (C=O) groups is 1. The molecule has 2 aliphatic carbocycles. The van der Waals surface area contributed by atoms with Gasteiger partial charge in [-0.1, -0.05) is 13.3 Å². The smallest absolute Gasteiger partial charge is 0.573 e. The van der Waals surface area contributed by atoms with E-state index >= 15 is 0 Å². The summed E-state index contributed by atoms with van der Waals surface area (Å²) in [4.78, 5) is 12.2. The van der Waals surface area contributed by atoms with Crippen LogP contribution in [0.4, 0.5) is 13.2 Å². The summed E-state index contributed by atoms with van der Waals surface area (Å²) in [5.41, 5.74) is -0.910. The molecule has 0 spiro atoms. The van der Waals surface area contributed by atoms with Crippen LogP contribution in [0.1, 0.15) is 56.3 Å². The van der Waals surface area contributed by atoms with Gasteiger partial charge in [-0.05, 0) is 62.6 Å². The minimum Gasteiger partial charge on any atom is -0.748 e. The highest BCUT2D eigenvalue weighted by Gasteiger charge is 2.49. The van der Waals surface area contributed by atoms with Crippen LogP contribution < -0.4 is 9.47 Å². The molecule has 2 bridgehead atoms. The summed E-state index contributed by atoms with van der Waals surface area (Å²) >= 11 is 0. The van der Waals surface area contributed by atoms with E-state index in [9.17, 15) is 30.9 Å². The average molecular weight is 479 g/mol. The molecular weight excluding hydrogens is 453 g/mol. The van der Waals surface area contributed by atoms with E-state index in [2.05, 4.69) is 4.74 Å². The summed E-state index contributed by atoms with van der Waals surface area (Å²) in [5, 5.41) is 0. The van der Waals surface area contributed by atoms with Crippen molar-refractivity contribution in [3.63, 3.8) is 0 Å². The van der Waals surface area contributed by atoms with Crippen LogP contribution in [-0.2, 0) is 14.9 Å². The zero-order valence-electron chi connectivity index (χ0n) is 17.8. The first-order valence-electron chi connectivity index (χ1n) is 10.5. The normalized spacial score (nSPS) is 24.8. The maximum Gasteiger partial charge on any atom is 0.573 e. The summed E-state index contributed by atoms with van der Waals surface area (Å²) < 4.78 is 85.8. The summed E-state index contributed by atoms with van der Waals surface area (Å²) in [6.07, 6.45) is -0.167. The number of halogens is 3. The standard InChI is InChI=1S/C21H27F3O7S/c1-3-20(2,16-11-13-4-5-14(16)10-13)30-18-12-15(6-7-17(18)31-21(22,23)24)19(25)29-8-9-32(26,27)28/h6-7,12-14,16H,3-5,8-11H2,1-2H3,(H,26,27,28)/p-1. The topological polar surface area (TPSA) is 102 Å². The molecule has 180 valence electrons. The Morgan fingerprint density at radius 3 is 2.41 bits per heavy atom. The molecule has 2 fully saturated rings. The fourth-order valence-corrected chi connectivity index (χ4v) is 5.18. The van der Waals surface area contributed by atoms with Crippen molar-refractivity contribution in [2.24, 2.45) is 17.8 Å². The summed E-state index contributed by atoms with van der Waals surface area (Å²) in [7, 11) is -4.58. The third kappa shape index (κ3) is 6.06. The second-order valence-electron chi connectivity index (χ2n) is 8.66. The second kappa shape index (κ2) is 9.09. The van der Waals surface area contributed by atoms with Gasteiger partial charge >= 0.3 is 12.3 Å². The molecule has 0 heterocycles. The van der Waals surface area contributed by atoms with E-state index in [1.165, 1.54) is 0 Å². The van der Waals surface area contributed by atoms with Gasteiger partial charge in [0.15, 0.2) is 11.5 Å². The monoisotopic (exact) mass is 479 g/mol. The van der Waals surface area contributed by atoms with Crippen molar-refractivity contribution in [3.05, 3.63) is 23.8 Å². The molecule has 7 nitrogen and oxygen atoms in total. The van der Waals surface area contributed by atoms with Crippen LogP contribution in [0, 0.1) is 17.8 Å². The van der Waals surface area contributed by atoms with Crippen LogP contribution in [0.15, 0.2) is 18.2 Å². The zero-order chi connectivity index (χ0) is 23.7. The third-order valence-corrected chi connectivity index (χ3v) is 7.21. The van der Waals surface area contributed by atoms with Crippen LogP contribution >= 0.6 is 0 Å². The van der Waals surface area contributed by atoms with E-state index < -0.39 is 46.2 Å². The van der Waals surface area contributed by atoms with Crippen molar-refractivity contribution < 1.29 is 45.1 Å². The number of rotatable bonds is 9. The van der Waals surface area contributed by atoms with Gasteiger partial charge in [0.2, 0.25) is 0 Å². The Morgan fingerprint density at radius 1 is 1.16 bits per heavy atom. The predicted molar refractivity (Wildman–Crippen MR) is 106 cm³/mol. The van der Waals surface area contributed by atoms with Gasteiger partial charge < -0.3 is 18.8 Å². The number of ether oxygens (including phenoxy) is 3. The van der Waals surface area contributed by atoms with Gasteiger partial charge in [0, 0.05) is 5.92 Å². The van der Waals surface area contributed by atoms with Crippen molar-refractivity contribution in [3.8, 4) is 11.5 Å². The molecule has 1 aromatic carbocycles. The quantitative estimate of drug-likeness (QED) is 0.385. The highest BCUT2D eigenvalue weighted by atomic mass is 32.2. The highest BCUT2D eigenvalue weighted by Crippen LogP contribution is 2.54. The third-order valence-electron chi connectivity index (χ3n) is 6.54. The van der Waals surface area contributed by atoms with Crippen LogP contribution in [-0.4, -0.2) is 43.3 Å². The van der Waals surface area contributed by atoms with Gasteiger partial charge in [-0.25, -0.2) is 13.2 Å². The molecule has 2 aliphatic rings. The molecule has 4 atom stereocenters. The Labute approximate surface area is 185 Å². The van der Waals surface area contributed by atoms with Crippen molar-refractivity contribution in [2.75, 3.05) is 12.4 Å². The maximum atomic E-state index is 12.9. The lowest BCUT2D eigenvalue weighted by atomic mass is 9.75. The van der Waals surface area contributed by atoms with Crippen molar-refractivity contribution in [1.82, 2.24) is 0 Å². The molecule has 32 heavy (non-hydrogen) atoms. The lowest BCUT2D eigenvalue weighted by molar-refractivity contribution is -0.275. The second-order valence-corrected chi connectivity index (χ2v) is 10.2. The van der Waals surface area contributed by atoms with Crippen molar-refractivity contribution >= 4 is 16.1 Å². The molecule has 4 unspecified atom stereocenters. The number of alkyl halides is 3. The number of esters is 1. The predicted octanol–water partition coefficient (Wildman–Crippen LogP) is 4.27. The molecule has 1 aromatic rings. The Balaban J connectivity index is 1.85. The molecule has 0 radical (unpaired) electrons. The van der Waals surface area contributed by atoms with E-state index in [1.807, 2.05) is 13.8 Å². The number of benzene rings is 1. The number of fused-ring (bicyclic) bond motifs is 2. The van der Waals surface area contributed by atoms with Crippen molar-refractivity contribution in [1.29, 1.82) is 0 Å². The zero-order valence-corrected chi connectivity index (χ0v) is 18.6. The molecule has 0 aliphatic heterocycles. The Morgan fingerprint density at radius 2 is 1.88 bits per heavy atom. The van der Waals surface area contributed by atoms with Gasteiger partial charge in [-0.2, -0.15) is 0 Å².